The zero-order valence-corrected chi connectivity index (χ0v) is 21.4. The number of carbonyl (C=O) groups is 4. The number of nitrogen functional groups attached to an aromatic ring is 1. The lowest BCUT2D eigenvalue weighted by Gasteiger charge is -2.60. The second-order valence-corrected chi connectivity index (χ2v) is 12.1. The molecule has 0 aliphatic carbocycles. The van der Waals surface area contributed by atoms with E-state index in [1.54, 1.807) is 12.3 Å². The van der Waals surface area contributed by atoms with Gasteiger partial charge in [-0.05, 0) is 12.1 Å². The van der Waals surface area contributed by atoms with E-state index in [1.165, 1.54) is 28.1 Å². The number of thioether (sulfide) groups is 2. The fourth-order valence-electron chi connectivity index (χ4n) is 5.31. The third-order valence-electron chi connectivity index (χ3n) is 6.66. The van der Waals surface area contributed by atoms with E-state index >= 15 is 0 Å². The lowest BCUT2D eigenvalue weighted by molar-refractivity contribution is -0.953. The molecule has 2 bridgehead atoms. The molecule has 2 aromatic heterocycles. The normalized spacial score (nSPS) is 31.8. The van der Waals surface area contributed by atoms with Crippen LogP contribution < -0.4 is 21.7 Å². The van der Waals surface area contributed by atoms with E-state index in [0.717, 1.165) is 11.8 Å². The number of rotatable bonds is 6. The van der Waals surface area contributed by atoms with E-state index in [0.29, 0.717) is 5.69 Å². The maximum Gasteiger partial charge on any atom is 0.393 e. The molecule has 194 valence electrons. The minimum absolute atomic E-state index is 0.100. The number of fused-ring (bicyclic) bond motifs is 1. The summed E-state index contributed by atoms with van der Waals surface area (Å²) in [4.78, 5) is 55.9. The van der Waals surface area contributed by atoms with Crippen molar-refractivity contribution in [2.75, 3.05) is 25.4 Å². The van der Waals surface area contributed by atoms with Gasteiger partial charge in [0, 0.05) is 17.2 Å². The number of nitrogens with two attached hydrogens (primary N) is 1. The van der Waals surface area contributed by atoms with Gasteiger partial charge in [0.25, 0.3) is 5.70 Å². The number of aliphatic carboxylic acids is 1. The molecule has 37 heavy (non-hydrogen) atoms. The maximum absolute atomic E-state index is 13.9. The molecule has 19 heteroatoms. The van der Waals surface area contributed by atoms with E-state index < -0.39 is 49.9 Å². The zero-order valence-electron chi connectivity index (χ0n) is 19.0. The largest absolute Gasteiger partial charge is 0.474 e. The standard InChI is InChI=1S/C18H19N11O5S3/c1-6(36-16-24-26-27-25-16)9-11(14(32)33)29(28-3-2-20-17(28)34)12(31)10-13(29)37-18(9,21-4-8(30)23-10)7-5-35-15(19)22-7/h5-6,10,13,21H,2-4H2,1H3,(H5-,19,20,22,23,24,25,26,27,30,32,33,34)/p+1/t6?,10?,13-,18?,29?/m0/s1. The van der Waals surface area contributed by atoms with Crippen molar-refractivity contribution < 1.29 is 28.9 Å². The number of thiazole rings is 1. The highest BCUT2D eigenvalue weighted by atomic mass is 32.2. The number of hydrogen-bond acceptors (Lipinski definition) is 13. The number of amides is 4. The molecule has 4 aliphatic heterocycles. The van der Waals surface area contributed by atoms with Gasteiger partial charge >= 0.3 is 17.9 Å². The summed E-state index contributed by atoms with van der Waals surface area (Å²) in [7, 11) is 0. The Morgan fingerprint density at radius 3 is 2.84 bits per heavy atom. The fourth-order valence-corrected chi connectivity index (χ4v) is 8.91. The van der Waals surface area contributed by atoms with E-state index in [-0.39, 0.29) is 41.2 Å². The Morgan fingerprint density at radius 2 is 2.22 bits per heavy atom. The quantitative estimate of drug-likeness (QED) is 0.131. The van der Waals surface area contributed by atoms with E-state index in [4.69, 9.17) is 5.73 Å². The summed E-state index contributed by atoms with van der Waals surface area (Å²) < 4.78 is -0.869. The lowest BCUT2D eigenvalue weighted by Crippen LogP contribution is -2.88. The minimum atomic E-state index is -1.38. The van der Waals surface area contributed by atoms with Gasteiger partial charge in [-0.2, -0.15) is 10.2 Å². The zero-order chi connectivity index (χ0) is 26.1. The first-order valence-corrected chi connectivity index (χ1v) is 13.7. The van der Waals surface area contributed by atoms with Crippen molar-refractivity contribution in [2.45, 2.75) is 33.6 Å². The molecule has 6 rings (SSSR count). The average molecular weight is 567 g/mol. The first-order valence-electron chi connectivity index (χ1n) is 11.0. The molecule has 0 saturated carbocycles. The summed E-state index contributed by atoms with van der Waals surface area (Å²) in [5.41, 5.74) is 6.32. The van der Waals surface area contributed by atoms with Crippen molar-refractivity contribution in [2.24, 2.45) is 0 Å². The number of aromatic amines is 1. The number of carboxylic acid groups (broad SMARTS) is 1. The third-order valence-corrected chi connectivity index (χ3v) is 10.1. The summed E-state index contributed by atoms with van der Waals surface area (Å²) in [6.07, 6.45) is 0. The van der Waals surface area contributed by atoms with Gasteiger partial charge in [0.2, 0.25) is 22.5 Å². The minimum Gasteiger partial charge on any atom is -0.474 e. The number of carbonyl (C=O) groups excluding carboxylic acids is 3. The predicted octanol–water partition coefficient (Wildman–Crippen LogP) is -1.63. The topological polar surface area (TPSA) is 221 Å². The first-order chi connectivity index (χ1) is 17.7. The summed E-state index contributed by atoms with van der Waals surface area (Å²) in [5.74, 6) is -2.44. The number of carboxylic acids is 1. The van der Waals surface area contributed by atoms with Crippen LogP contribution in [-0.2, 0) is 19.3 Å². The van der Waals surface area contributed by atoms with Gasteiger partial charge in [-0.3, -0.25) is 10.1 Å². The van der Waals surface area contributed by atoms with Crippen LogP contribution >= 0.6 is 34.9 Å². The van der Waals surface area contributed by atoms with Crippen LogP contribution in [0.2, 0.25) is 0 Å². The smallest absolute Gasteiger partial charge is 0.393 e. The van der Waals surface area contributed by atoms with Crippen LogP contribution in [0.4, 0.5) is 9.93 Å². The Morgan fingerprint density at radius 1 is 1.41 bits per heavy atom. The Kier molecular flexibility index (Phi) is 5.46. The second-order valence-electron chi connectivity index (χ2n) is 8.56. The molecule has 0 radical (unpaired) electrons. The highest BCUT2D eigenvalue weighted by Crippen LogP contribution is 2.61. The molecule has 6 heterocycles. The van der Waals surface area contributed by atoms with Crippen LogP contribution in [0.5, 0.6) is 0 Å². The number of nitrogens with zero attached hydrogens (tertiary/aromatic N) is 6. The second kappa shape index (κ2) is 8.38. The number of H-pyrrole nitrogens is 1. The predicted molar refractivity (Wildman–Crippen MR) is 129 cm³/mol. The van der Waals surface area contributed by atoms with Crippen molar-refractivity contribution in [3.63, 3.8) is 0 Å². The number of aromatic nitrogens is 5. The van der Waals surface area contributed by atoms with Crippen LogP contribution in [0.25, 0.3) is 0 Å². The molecule has 4 unspecified atom stereocenters. The SMILES string of the molecule is CC(Sc1nn[nH]n1)C1=C(C(=O)O)[N+]2(N3CCNC3=O)C(=O)C3NC(=O)CNC1(c1csc(N)n1)S[C@@H]32. The molecule has 0 spiro atoms. The number of nitrogens with one attached hydrogen (secondary N) is 4. The summed E-state index contributed by atoms with van der Waals surface area (Å²) in [6.45, 7) is 1.85. The van der Waals surface area contributed by atoms with E-state index in [9.17, 15) is 24.3 Å². The van der Waals surface area contributed by atoms with Crippen LogP contribution in [0.15, 0.2) is 21.8 Å². The van der Waals surface area contributed by atoms with Crippen LogP contribution in [0.3, 0.4) is 0 Å². The van der Waals surface area contributed by atoms with Gasteiger partial charge < -0.3 is 21.5 Å². The van der Waals surface area contributed by atoms with Crippen molar-refractivity contribution in [1.82, 2.24) is 46.6 Å². The van der Waals surface area contributed by atoms with E-state index in [2.05, 4.69) is 41.6 Å². The van der Waals surface area contributed by atoms with Gasteiger partial charge in [-0.1, -0.05) is 28.1 Å². The number of quaternary nitrogens is 1. The number of β-lactam (4-membered cyclic amide) rings is 1. The summed E-state index contributed by atoms with van der Waals surface area (Å²) >= 11 is 3.51. The number of tetrazole rings is 1. The molecule has 7 N–H and O–H groups in total. The van der Waals surface area contributed by atoms with Crippen LogP contribution in [0, 0.1) is 0 Å². The molecule has 4 amide bonds. The van der Waals surface area contributed by atoms with Gasteiger partial charge in [-0.25, -0.2) is 19.4 Å². The average Bonchev–Trinajstić information content (AvgIpc) is 3.62. The lowest BCUT2D eigenvalue weighted by atomic mass is 9.91. The monoisotopic (exact) mass is 566 g/mol. The van der Waals surface area contributed by atoms with Crippen molar-refractivity contribution >= 4 is 63.8 Å². The molecule has 0 aromatic carbocycles. The third kappa shape index (κ3) is 3.24. The summed E-state index contributed by atoms with van der Waals surface area (Å²) in [6, 6.07) is -1.59. The number of anilines is 1. The number of hydrogen-bond donors (Lipinski definition) is 6. The van der Waals surface area contributed by atoms with Crippen molar-refractivity contribution in [1.29, 1.82) is 0 Å². The summed E-state index contributed by atoms with van der Waals surface area (Å²) in [5, 5.41) is 35.0. The van der Waals surface area contributed by atoms with Crippen LogP contribution in [-0.4, -0.2) is 100 Å². The molecular formula is C18H20N11O5S3+. The van der Waals surface area contributed by atoms with Gasteiger partial charge in [-0.15, -0.1) is 21.5 Å². The molecule has 16 nitrogen and oxygen atoms in total. The first kappa shape index (κ1) is 24.1. The Bertz CT molecular complexity index is 1360. The molecule has 3 fully saturated rings. The fraction of sp³-hybridized carbons (Fsp3) is 0.444. The Hall–Kier alpha value is -3.26. The van der Waals surface area contributed by atoms with Gasteiger partial charge in [0.05, 0.1) is 24.4 Å². The van der Waals surface area contributed by atoms with Crippen LogP contribution in [0.1, 0.15) is 12.6 Å². The molecule has 5 atom stereocenters. The van der Waals surface area contributed by atoms with Crippen molar-refractivity contribution in [3.8, 4) is 0 Å². The number of urea groups is 1. The Balaban J connectivity index is 1.67. The highest BCUT2D eigenvalue weighted by molar-refractivity contribution is 8.01. The maximum atomic E-state index is 13.9. The molecule has 3 saturated heterocycles. The molecular weight excluding hydrogens is 546 g/mol. The Labute approximate surface area is 220 Å². The molecule has 2 aromatic rings. The molecule has 4 aliphatic rings. The van der Waals surface area contributed by atoms with Gasteiger partial charge in [0.15, 0.2) is 5.13 Å². The highest BCUT2D eigenvalue weighted by Gasteiger charge is 2.79. The van der Waals surface area contributed by atoms with Gasteiger partial charge in [0.1, 0.15) is 4.87 Å². The van der Waals surface area contributed by atoms with E-state index in [1.807, 2.05) is 0 Å². The van der Waals surface area contributed by atoms with Crippen molar-refractivity contribution in [3.05, 3.63) is 22.3 Å².